The Bertz CT molecular complexity index is 400. The Kier molecular flexibility index (Phi) is 6.96. The second-order valence-corrected chi connectivity index (χ2v) is 4.43. The van der Waals surface area contributed by atoms with E-state index in [1.807, 2.05) is 0 Å². The van der Waals surface area contributed by atoms with Crippen LogP contribution in [0.2, 0.25) is 0 Å². The van der Waals surface area contributed by atoms with E-state index in [9.17, 15) is 19.5 Å². The van der Waals surface area contributed by atoms with Crippen LogP contribution in [0.1, 0.15) is 34.1 Å². The molecule has 0 heterocycles. The SMILES string of the molecule is C=C(C(=O)OCC)C(CC)C(C)(C(=O)O)C(=O)OCC. The van der Waals surface area contributed by atoms with Gasteiger partial charge in [0, 0.05) is 11.5 Å². The van der Waals surface area contributed by atoms with Gasteiger partial charge >= 0.3 is 17.9 Å². The summed E-state index contributed by atoms with van der Waals surface area (Å²) in [5.74, 6) is -3.83. The highest BCUT2D eigenvalue weighted by Crippen LogP contribution is 2.37. The Morgan fingerprint density at radius 2 is 1.65 bits per heavy atom. The van der Waals surface area contributed by atoms with Crippen molar-refractivity contribution in [3.8, 4) is 0 Å². The van der Waals surface area contributed by atoms with E-state index in [0.29, 0.717) is 0 Å². The van der Waals surface area contributed by atoms with Crippen molar-refractivity contribution in [2.75, 3.05) is 13.2 Å². The molecule has 6 heteroatoms. The van der Waals surface area contributed by atoms with Gasteiger partial charge in [0.25, 0.3) is 0 Å². The molecule has 0 rings (SSSR count). The Balaban J connectivity index is 5.52. The molecule has 0 aliphatic rings. The molecule has 0 fully saturated rings. The Morgan fingerprint density at radius 1 is 1.15 bits per heavy atom. The average Bonchev–Trinajstić information content (AvgIpc) is 2.39. The van der Waals surface area contributed by atoms with Gasteiger partial charge in [0.2, 0.25) is 0 Å². The molecule has 0 spiro atoms. The zero-order valence-corrected chi connectivity index (χ0v) is 12.4. The molecule has 2 unspecified atom stereocenters. The van der Waals surface area contributed by atoms with Crippen LogP contribution in [0.5, 0.6) is 0 Å². The van der Waals surface area contributed by atoms with Crippen LogP contribution < -0.4 is 0 Å². The van der Waals surface area contributed by atoms with Crippen LogP contribution >= 0.6 is 0 Å². The van der Waals surface area contributed by atoms with E-state index in [2.05, 4.69) is 6.58 Å². The van der Waals surface area contributed by atoms with Crippen molar-refractivity contribution in [1.29, 1.82) is 0 Å². The van der Waals surface area contributed by atoms with Crippen molar-refractivity contribution in [2.24, 2.45) is 11.3 Å². The number of carboxylic acid groups (broad SMARTS) is 1. The van der Waals surface area contributed by atoms with Gasteiger partial charge in [-0.15, -0.1) is 0 Å². The summed E-state index contributed by atoms with van der Waals surface area (Å²) in [5.41, 5.74) is -1.90. The summed E-state index contributed by atoms with van der Waals surface area (Å²) in [6.45, 7) is 9.94. The summed E-state index contributed by atoms with van der Waals surface area (Å²) in [5, 5.41) is 9.40. The summed E-state index contributed by atoms with van der Waals surface area (Å²) in [7, 11) is 0. The third kappa shape index (κ3) is 3.59. The molecule has 6 nitrogen and oxygen atoms in total. The highest BCUT2D eigenvalue weighted by Gasteiger charge is 2.51. The van der Waals surface area contributed by atoms with Gasteiger partial charge in [0.1, 0.15) is 0 Å². The van der Waals surface area contributed by atoms with Crippen LogP contribution in [0.3, 0.4) is 0 Å². The van der Waals surface area contributed by atoms with Crippen molar-refractivity contribution in [3.05, 3.63) is 12.2 Å². The van der Waals surface area contributed by atoms with Crippen LogP contribution in [-0.2, 0) is 23.9 Å². The van der Waals surface area contributed by atoms with Crippen molar-refractivity contribution >= 4 is 17.9 Å². The molecule has 0 saturated carbocycles. The molecule has 0 bridgehead atoms. The first kappa shape index (κ1) is 18.1. The standard InChI is InChI=1S/C14H22O6/c1-6-10(9(4)11(15)19-7-2)14(5,12(16)17)13(18)20-8-3/h10H,4,6-8H2,1-3,5H3,(H,16,17). The quantitative estimate of drug-likeness (QED) is 0.415. The molecule has 0 radical (unpaired) electrons. The highest BCUT2D eigenvalue weighted by molar-refractivity contribution is 6.01. The lowest BCUT2D eigenvalue weighted by atomic mass is 9.72. The van der Waals surface area contributed by atoms with E-state index in [-0.39, 0.29) is 25.2 Å². The lowest BCUT2D eigenvalue weighted by molar-refractivity contribution is -0.171. The molecule has 0 aromatic heterocycles. The van der Waals surface area contributed by atoms with Crippen LogP contribution in [-0.4, -0.2) is 36.2 Å². The van der Waals surface area contributed by atoms with Crippen molar-refractivity contribution in [3.63, 3.8) is 0 Å². The van der Waals surface area contributed by atoms with Crippen LogP contribution in [0, 0.1) is 11.3 Å². The molecular formula is C14H22O6. The lowest BCUT2D eigenvalue weighted by Crippen LogP contribution is -2.46. The number of esters is 2. The molecule has 0 saturated heterocycles. The summed E-state index contributed by atoms with van der Waals surface area (Å²) >= 11 is 0. The van der Waals surface area contributed by atoms with Crippen molar-refractivity contribution in [1.82, 2.24) is 0 Å². The predicted octanol–water partition coefficient (Wildman–Crippen LogP) is 1.79. The third-order valence-electron chi connectivity index (χ3n) is 3.21. The topological polar surface area (TPSA) is 89.9 Å². The van der Waals surface area contributed by atoms with Gasteiger partial charge in [0.15, 0.2) is 5.41 Å². The second-order valence-electron chi connectivity index (χ2n) is 4.43. The molecule has 20 heavy (non-hydrogen) atoms. The zero-order chi connectivity index (χ0) is 15.9. The Labute approximate surface area is 118 Å². The number of carbonyl (C=O) groups is 3. The van der Waals surface area contributed by atoms with Crippen LogP contribution in [0.4, 0.5) is 0 Å². The fourth-order valence-electron chi connectivity index (χ4n) is 2.03. The minimum Gasteiger partial charge on any atom is -0.480 e. The van der Waals surface area contributed by atoms with Gasteiger partial charge in [-0.1, -0.05) is 13.5 Å². The van der Waals surface area contributed by atoms with E-state index in [4.69, 9.17) is 9.47 Å². The first-order valence-electron chi connectivity index (χ1n) is 6.53. The number of carboxylic acids is 1. The monoisotopic (exact) mass is 286 g/mol. The first-order valence-corrected chi connectivity index (χ1v) is 6.53. The number of carbonyl (C=O) groups excluding carboxylic acids is 2. The van der Waals surface area contributed by atoms with Crippen molar-refractivity contribution in [2.45, 2.75) is 34.1 Å². The molecule has 0 aliphatic heterocycles. The maximum absolute atomic E-state index is 12.0. The van der Waals surface area contributed by atoms with Gasteiger partial charge in [-0.25, -0.2) is 4.79 Å². The number of aliphatic carboxylic acids is 1. The van der Waals surface area contributed by atoms with Gasteiger partial charge in [-0.05, 0) is 27.2 Å². The molecule has 0 aliphatic carbocycles. The summed E-state index contributed by atoms with van der Waals surface area (Å²) in [4.78, 5) is 35.3. The van der Waals surface area contributed by atoms with E-state index in [1.165, 1.54) is 6.92 Å². The van der Waals surface area contributed by atoms with Gasteiger partial charge in [0.05, 0.1) is 13.2 Å². The van der Waals surface area contributed by atoms with E-state index < -0.39 is 29.2 Å². The average molecular weight is 286 g/mol. The molecule has 0 aromatic rings. The minimum atomic E-state index is -1.87. The lowest BCUT2D eigenvalue weighted by Gasteiger charge is -2.31. The van der Waals surface area contributed by atoms with Crippen LogP contribution in [0.25, 0.3) is 0 Å². The number of hydrogen-bond donors (Lipinski definition) is 1. The Hall–Kier alpha value is -1.85. The maximum Gasteiger partial charge on any atom is 0.333 e. The van der Waals surface area contributed by atoms with Gasteiger partial charge in [-0.3, -0.25) is 9.59 Å². The maximum atomic E-state index is 12.0. The molecular weight excluding hydrogens is 264 g/mol. The molecule has 1 N–H and O–H groups in total. The summed E-state index contributed by atoms with van der Waals surface area (Å²) < 4.78 is 9.65. The van der Waals surface area contributed by atoms with E-state index in [1.54, 1.807) is 20.8 Å². The van der Waals surface area contributed by atoms with E-state index in [0.717, 1.165) is 0 Å². The molecule has 2 atom stereocenters. The summed E-state index contributed by atoms with van der Waals surface area (Å²) in [6, 6.07) is 0. The fourth-order valence-corrected chi connectivity index (χ4v) is 2.03. The normalized spacial score (nSPS) is 14.8. The highest BCUT2D eigenvalue weighted by atomic mass is 16.5. The minimum absolute atomic E-state index is 0.0349. The molecule has 114 valence electrons. The van der Waals surface area contributed by atoms with Gasteiger partial charge in [-0.2, -0.15) is 0 Å². The fraction of sp³-hybridized carbons (Fsp3) is 0.643. The molecule has 0 aromatic carbocycles. The van der Waals surface area contributed by atoms with Crippen molar-refractivity contribution < 1.29 is 29.0 Å². The number of rotatable bonds is 8. The third-order valence-corrected chi connectivity index (χ3v) is 3.21. The largest absolute Gasteiger partial charge is 0.480 e. The number of hydrogen-bond acceptors (Lipinski definition) is 5. The van der Waals surface area contributed by atoms with Gasteiger partial charge < -0.3 is 14.6 Å². The van der Waals surface area contributed by atoms with E-state index >= 15 is 0 Å². The zero-order valence-electron chi connectivity index (χ0n) is 12.4. The molecule has 0 amide bonds. The smallest absolute Gasteiger partial charge is 0.333 e. The second kappa shape index (κ2) is 7.67. The first-order chi connectivity index (χ1) is 9.27. The number of ether oxygens (including phenoxy) is 2. The van der Waals surface area contributed by atoms with Crippen LogP contribution in [0.15, 0.2) is 12.2 Å². The predicted molar refractivity (Wildman–Crippen MR) is 71.9 cm³/mol. The Morgan fingerprint density at radius 3 is 2.00 bits per heavy atom. The summed E-state index contributed by atoms with van der Waals surface area (Å²) in [6.07, 6.45) is 0.249.